The van der Waals surface area contributed by atoms with Crippen LogP contribution in [0.4, 0.5) is 0 Å². The first-order valence-electron chi connectivity index (χ1n) is 5.92. The Balaban J connectivity index is 2.16. The van der Waals surface area contributed by atoms with E-state index < -0.39 is 10.0 Å². The summed E-state index contributed by atoms with van der Waals surface area (Å²) < 4.78 is 28.3. The summed E-state index contributed by atoms with van der Waals surface area (Å²) in [7, 11) is -1.98. The summed E-state index contributed by atoms with van der Waals surface area (Å²) >= 11 is 0. The third-order valence-electron chi connectivity index (χ3n) is 3.31. The van der Waals surface area contributed by atoms with Crippen LogP contribution in [0.5, 0.6) is 0 Å². The van der Waals surface area contributed by atoms with Gasteiger partial charge in [0.25, 0.3) is 0 Å². The molecule has 1 fully saturated rings. The van der Waals surface area contributed by atoms with Gasteiger partial charge in [-0.05, 0) is 12.8 Å². The van der Waals surface area contributed by atoms with Gasteiger partial charge in [-0.15, -0.1) is 0 Å². The van der Waals surface area contributed by atoms with Gasteiger partial charge in [-0.1, -0.05) is 11.6 Å². The van der Waals surface area contributed by atoms with Crippen LogP contribution in [-0.4, -0.2) is 35.3 Å². The van der Waals surface area contributed by atoms with Gasteiger partial charge < -0.3 is 10.9 Å². The zero-order chi connectivity index (χ0) is 14.0. The van der Waals surface area contributed by atoms with E-state index in [2.05, 4.69) is 15.0 Å². The monoisotopic (exact) mass is 287 g/mol. The third kappa shape index (κ3) is 2.87. The Bertz CT molecular complexity index is 580. The summed E-state index contributed by atoms with van der Waals surface area (Å²) in [4.78, 5) is 0.111. The van der Waals surface area contributed by atoms with Crippen LogP contribution in [0.3, 0.4) is 0 Å². The van der Waals surface area contributed by atoms with E-state index in [-0.39, 0.29) is 22.7 Å². The normalized spacial score (nSPS) is 24.8. The van der Waals surface area contributed by atoms with E-state index in [1.807, 2.05) is 0 Å². The highest BCUT2D eigenvalue weighted by atomic mass is 32.2. The average molecular weight is 287 g/mol. The lowest BCUT2D eigenvalue weighted by atomic mass is 10.0. The Labute approximate surface area is 111 Å². The topological polar surface area (TPSA) is 123 Å². The first kappa shape index (κ1) is 13.8. The first-order valence-corrected chi connectivity index (χ1v) is 7.41. The fraction of sp³-hybridized carbons (Fsp3) is 0.600. The van der Waals surface area contributed by atoms with E-state index in [1.54, 1.807) is 7.05 Å². The SMILES string of the molecule is Cn1cc(S(=O)(=O)NC2CCCC2C(N)=NO)cn1. The predicted molar refractivity (Wildman–Crippen MR) is 68.1 cm³/mol. The number of nitrogens with zero attached hydrogens (tertiary/aromatic N) is 3. The maximum atomic E-state index is 12.2. The van der Waals surface area contributed by atoms with Gasteiger partial charge in [0.15, 0.2) is 0 Å². The van der Waals surface area contributed by atoms with Crippen LogP contribution >= 0.6 is 0 Å². The van der Waals surface area contributed by atoms with Crippen LogP contribution in [0.25, 0.3) is 0 Å². The smallest absolute Gasteiger partial charge is 0.243 e. The number of aromatic nitrogens is 2. The molecule has 1 aromatic rings. The summed E-state index contributed by atoms with van der Waals surface area (Å²) in [6.45, 7) is 0. The Morgan fingerprint density at radius 1 is 1.63 bits per heavy atom. The molecule has 1 aliphatic rings. The van der Waals surface area contributed by atoms with E-state index >= 15 is 0 Å². The Morgan fingerprint density at radius 3 is 2.95 bits per heavy atom. The van der Waals surface area contributed by atoms with Crippen LogP contribution in [-0.2, 0) is 17.1 Å². The van der Waals surface area contributed by atoms with Crippen molar-refractivity contribution in [3.63, 3.8) is 0 Å². The van der Waals surface area contributed by atoms with Gasteiger partial charge in [0, 0.05) is 25.2 Å². The number of aryl methyl sites for hydroxylation is 1. The van der Waals surface area contributed by atoms with E-state index in [9.17, 15) is 8.42 Å². The van der Waals surface area contributed by atoms with Gasteiger partial charge in [0.05, 0.1) is 6.20 Å². The molecular weight excluding hydrogens is 270 g/mol. The van der Waals surface area contributed by atoms with Crippen molar-refractivity contribution >= 4 is 15.9 Å². The highest BCUT2D eigenvalue weighted by Crippen LogP contribution is 2.27. The molecule has 19 heavy (non-hydrogen) atoms. The molecule has 1 heterocycles. The van der Waals surface area contributed by atoms with Gasteiger partial charge in [0.1, 0.15) is 10.7 Å². The van der Waals surface area contributed by atoms with Crippen molar-refractivity contribution < 1.29 is 13.6 Å². The van der Waals surface area contributed by atoms with Crippen LogP contribution in [0.2, 0.25) is 0 Å². The molecule has 9 heteroatoms. The second kappa shape index (κ2) is 5.17. The van der Waals surface area contributed by atoms with Crippen molar-refractivity contribution in [1.29, 1.82) is 0 Å². The molecule has 0 spiro atoms. The maximum Gasteiger partial charge on any atom is 0.243 e. The molecule has 8 nitrogen and oxygen atoms in total. The number of hydrogen-bond acceptors (Lipinski definition) is 5. The highest BCUT2D eigenvalue weighted by Gasteiger charge is 2.34. The molecule has 2 rings (SSSR count). The maximum absolute atomic E-state index is 12.2. The quantitative estimate of drug-likeness (QED) is 0.301. The lowest BCUT2D eigenvalue weighted by Crippen LogP contribution is -2.42. The minimum Gasteiger partial charge on any atom is -0.409 e. The van der Waals surface area contributed by atoms with Gasteiger partial charge in [0.2, 0.25) is 10.0 Å². The molecule has 2 atom stereocenters. The third-order valence-corrected chi connectivity index (χ3v) is 4.75. The molecule has 1 saturated carbocycles. The van der Waals surface area contributed by atoms with Crippen LogP contribution in [0.1, 0.15) is 19.3 Å². The predicted octanol–water partition coefficient (Wildman–Crippen LogP) is -0.386. The zero-order valence-corrected chi connectivity index (χ0v) is 11.3. The van der Waals surface area contributed by atoms with Crippen LogP contribution in [0, 0.1) is 5.92 Å². The second-order valence-corrected chi connectivity index (χ2v) is 6.35. The molecule has 0 amide bonds. The Morgan fingerprint density at radius 2 is 2.37 bits per heavy atom. The number of nitrogens with one attached hydrogen (secondary N) is 1. The van der Waals surface area contributed by atoms with Crippen molar-refractivity contribution in [2.45, 2.75) is 30.2 Å². The zero-order valence-electron chi connectivity index (χ0n) is 10.5. The average Bonchev–Trinajstić information content (AvgIpc) is 2.97. The van der Waals surface area contributed by atoms with Gasteiger partial charge in [-0.25, -0.2) is 13.1 Å². The molecule has 0 radical (unpaired) electrons. The lowest BCUT2D eigenvalue weighted by Gasteiger charge is -2.19. The number of rotatable bonds is 4. The molecule has 0 aromatic carbocycles. The minimum absolute atomic E-state index is 0.0661. The van der Waals surface area contributed by atoms with Crippen molar-refractivity contribution in [3.8, 4) is 0 Å². The van der Waals surface area contributed by atoms with E-state index in [4.69, 9.17) is 10.9 Å². The molecular formula is C10H17N5O3S. The summed E-state index contributed by atoms with van der Waals surface area (Å²) in [6, 6.07) is -0.346. The molecule has 1 aliphatic carbocycles. The lowest BCUT2D eigenvalue weighted by molar-refractivity contribution is 0.312. The fourth-order valence-corrected chi connectivity index (χ4v) is 3.63. The molecule has 106 valence electrons. The van der Waals surface area contributed by atoms with E-state index in [0.29, 0.717) is 12.8 Å². The number of hydrogen-bond donors (Lipinski definition) is 3. The molecule has 4 N–H and O–H groups in total. The number of nitrogens with two attached hydrogens (primary N) is 1. The fourth-order valence-electron chi connectivity index (χ4n) is 2.33. The molecule has 0 aliphatic heterocycles. The van der Waals surface area contributed by atoms with Gasteiger partial charge >= 0.3 is 0 Å². The second-order valence-electron chi connectivity index (χ2n) is 4.64. The van der Waals surface area contributed by atoms with Crippen LogP contribution < -0.4 is 10.5 Å². The van der Waals surface area contributed by atoms with E-state index in [0.717, 1.165) is 6.42 Å². The van der Waals surface area contributed by atoms with Gasteiger partial charge in [-0.3, -0.25) is 4.68 Å². The highest BCUT2D eigenvalue weighted by molar-refractivity contribution is 7.89. The summed E-state index contributed by atoms with van der Waals surface area (Å²) in [5.74, 6) is -0.201. The van der Waals surface area contributed by atoms with Crippen molar-refractivity contribution in [1.82, 2.24) is 14.5 Å². The number of sulfonamides is 1. The first-order chi connectivity index (χ1) is 8.94. The molecule has 2 unspecified atom stereocenters. The Hall–Kier alpha value is -1.61. The molecule has 0 bridgehead atoms. The largest absolute Gasteiger partial charge is 0.409 e. The number of amidine groups is 1. The van der Waals surface area contributed by atoms with Crippen molar-refractivity contribution in [3.05, 3.63) is 12.4 Å². The molecule has 0 saturated heterocycles. The van der Waals surface area contributed by atoms with Crippen molar-refractivity contribution in [2.75, 3.05) is 0 Å². The number of oxime groups is 1. The van der Waals surface area contributed by atoms with E-state index in [1.165, 1.54) is 17.1 Å². The Kier molecular flexibility index (Phi) is 3.76. The summed E-state index contributed by atoms with van der Waals surface area (Å²) in [5, 5.41) is 15.5. The summed E-state index contributed by atoms with van der Waals surface area (Å²) in [6.07, 6.45) is 4.92. The van der Waals surface area contributed by atoms with Crippen LogP contribution in [0.15, 0.2) is 22.4 Å². The standard InChI is InChI=1S/C10H17N5O3S/c1-15-6-7(5-12-15)19(17,18)14-9-4-2-3-8(9)10(11)13-16/h5-6,8-9,14,16H,2-4H2,1H3,(H2,11,13). The van der Waals surface area contributed by atoms with Gasteiger partial charge in [-0.2, -0.15) is 5.10 Å². The summed E-state index contributed by atoms with van der Waals surface area (Å²) in [5.41, 5.74) is 5.58. The minimum atomic E-state index is -3.62. The molecule has 1 aromatic heterocycles. The van der Waals surface area contributed by atoms with Crippen molar-refractivity contribution in [2.24, 2.45) is 23.9 Å².